The lowest BCUT2D eigenvalue weighted by atomic mass is 10.2. The summed E-state index contributed by atoms with van der Waals surface area (Å²) in [7, 11) is 0. The van der Waals surface area contributed by atoms with Crippen LogP contribution < -0.4 is 10.6 Å². The van der Waals surface area contributed by atoms with Gasteiger partial charge in [0.25, 0.3) is 5.69 Å². The summed E-state index contributed by atoms with van der Waals surface area (Å²) in [6, 6.07) is 15.5. The topological polar surface area (TPSA) is 110 Å². The molecule has 10 heteroatoms. The van der Waals surface area contributed by atoms with Crippen LogP contribution in [0, 0.1) is 26.0 Å². The van der Waals surface area contributed by atoms with Crippen LogP contribution in [-0.2, 0) is 0 Å². The maximum absolute atomic E-state index is 14.0. The van der Waals surface area contributed by atoms with Crippen molar-refractivity contribution in [2.75, 3.05) is 10.6 Å². The van der Waals surface area contributed by atoms with Gasteiger partial charge in [-0.2, -0.15) is 4.39 Å². The number of nitrogens with one attached hydrogen (secondary N) is 2. The summed E-state index contributed by atoms with van der Waals surface area (Å²) in [4.78, 5) is 20.4. The van der Waals surface area contributed by atoms with E-state index in [0.29, 0.717) is 17.4 Å². The van der Waals surface area contributed by atoms with Gasteiger partial charge in [0, 0.05) is 16.2 Å². The van der Waals surface area contributed by atoms with E-state index in [1.165, 1.54) is 0 Å². The summed E-state index contributed by atoms with van der Waals surface area (Å²) < 4.78 is 14.9. The largest absolute Gasteiger partial charge is 0.354 e. The Bertz CT molecular complexity index is 1060. The first kappa shape index (κ1) is 19.2. The first-order valence-electron chi connectivity index (χ1n) is 7.86. The van der Waals surface area contributed by atoms with E-state index >= 15 is 0 Å². The Morgan fingerprint density at radius 3 is 1.93 bits per heavy atom. The predicted molar refractivity (Wildman–Crippen MR) is 107 cm³/mol. The van der Waals surface area contributed by atoms with E-state index in [0.717, 1.165) is 16.2 Å². The number of halogens is 2. The fourth-order valence-corrected chi connectivity index (χ4v) is 2.74. The van der Waals surface area contributed by atoms with E-state index < -0.39 is 27.0 Å². The van der Waals surface area contributed by atoms with Gasteiger partial charge >= 0.3 is 5.69 Å². The highest BCUT2D eigenvalue weighted by atomic mass is 79.9. The summed E-state index contributed by atoms with van der Waals surface area (Å²) in [5.41, 5.74) is 0.0182. The van der Waals surface area contributed by atoms with Gasteiger partial charge in [0.2, 0.25) is 5.82 Å². The molecule has 0 aliphatic carbocycles. The average molecular weight is 447 g/mol. The van der Waals surface area contributed by atoms with E-state index in [4.69, 9.17) is 0 Å². The molecule has 0 saturated heterocycles. The van der Waals surface area contributed by atoms with E-state index in [1.54, 1.807) is 24.3 Å². The van der Waals surface area contributed by atoms with Gasteiger partial charge in [0.1, 0.15) is 5.69 Å². The van der Waals surface area contributed by atoms with E-state index in [1.807, 2.05) is 24.3 Å². The van der Waals surface area contributed by atoms with Crippen molar-refractivity contribution in [3.63, 3.8) is 0 Å². The third-order valence-corrected chi connectivity index (χ3v) is 4.31. The minimum Gasteiger partial charge on any atom is -0.354 e. The lowest BCUT2D eigenvalue weighted by Crippen LogP contribution is -2.03. The molecule has 0 spiro atoms. The van der Waals surface area contributed by atoms with Crippen LogP contribution in [0.15, 0.2) is 65.1 Å². The molecule has 28 heavy (non-hydrogen) atoms. The summed E-state index contributed by atoms with van der Waals surface area (Å²) in [5, 5.41) is 28.1. The van der Waals surface area contributed by atoms with Gasteiger partial charge < -0.3 is 10.6 Å². The van der Waals surface area contributed by atoms with E-state index in [-0.39, 0.29) is 5.69 Å². The zero-order chi connectivity index (χ0) is 20.3. The van der Waals surface area contributed by atoms with E-state index in [2.05, 4.69) is 26.6 Å². The smallest absolute Gasteiger partial charge is 0.311 e. The van der Waals surface area contributed by atoms with Crippen molar-refractivity contribution in [3.05, 3.63) is 91.2 Å². The fourth-order valence-electron chi connectivity index (χ4n) is 2.48. The second-order valence-corrected chi connectivity index (χ2v) is 6.55. The number of nitro groups is 2. The molecular formula is C18H12BrFN4O4. The van der Waals surface area contributed by atoms with Crippen molar-refractivity contribution in [2.24, 2.45) is 0 Å². The Morgan fingerprint density at radius 1 is 0.786 bits per heavy atom. The standard InChI is InChI=1S/C18H12BrFN4O4/c19-11-5-7-12(8-6-11)21-14-3-1-2-4-15(14)22-16-9-13(20)17(23(25)26)10-18(16)24(27)28/h1-10,21-22H. The monoisotopic (exact) mass is 446 g/mol. The predicted octanol–water partition coefficient (Wildman–Crippen LogP) is 5.89. The molecule has 142 valence electrons. The molecule has 8 nitrogen and oxygen atoms in total. The van der Waals surface area contributed by atoms with Gasteiger partial charge in [-0.1, -0.05) is 28.1 Å². The number of anilines is 4. The highest BCUT2D eigenvalue weighted by Gasteiger charge is 2.25. The molecule has 0 saturated carbocycles. The molecule has 3 rings (SSSR count). The molecule has 0 aliphatic heterocycles. The molecule has 0 radical (unpaired) electrons. The van der Waals surface area contributed by atoms with Crippen LogP contribution in [0.2, 0.25) is 0 Å². The summed E-state index contributed by atoms with van der Waals surface area (Å²) in [6.45, 7) is 0. The van der Waals surface area contributed by atoms with E-state index in [9.17, 15) is 24.6 Å². The van der Waals surface area contributed by atoms with Crippen molar-refractivity contribution >= 4 is 50.1 Å². The summed E-state index contributed by atoms with van der Waals surface area (Å²) in [6.07, 6.45) is 0. The number of hydrogen-bond acceptors (Lipinski definition) is 6. The van der Waals surface area contributed by atoms with Crippen LogP contribution in [0.5, 0.6) is 0 Å². The molecule has 0 atom stereocenters. The van der Waals surface area contributed by atoms with Crippen LogP contribution in [0.3, 0.4) is 0 Å². The highest BCUT2D eigenvalue weighted by Crippen LogP contribution is 2.36. The molecule has 2 N–H and O–H groups in total. The Hall–Kier alpha value is -3.53. The molecule has 3 aromatic carbocycles. The van der Waals surface area contributed by atoms with Crippen LogP contribution in [-0.4, -0.2) is 9.85 Å². The second-order valence-electron chi connectivity index (χ2n) is 5.64. The third kappa shape index (κ3) is 4.23. The Labute approximate surface area is 166 Å². The molecule has 0 aromatic heterocycles. The van der Waals surface area contributed by atoms with Gasteiger partial charge in [-0.25, -0.2) is 0 Å². The van der Waals surface area contributed by atoms with Crippen molar-refractivity contribution in [3.8, 4) is 0 Å². The maximum atomic E-state index is 14.0. The van der Waals surface area contributed by atoms with Crippen molar-refractivity contribution in [2.45, 2.75) is 0 Å². The molecule has 0 aliphatic rings. The normalized spacial score (nSPS) is 10.4. The first-order chi connectivity index (χ1) is 13.3. The number of nitrogens with zero attached hydrogens (tertiary/aromatic N) is 2. The minimum absolute atomic E-state index is 0.196. The Balaban J connectivity index is 1.98. The molecule has 0 bridgehead atoms. The van der Waals surface area contributed by atoms with Crippen LogP contribution in [0.4, 0.5) is 38.5 Å². The lowest BCUT2D eigenvalue weighted by molar-refractivity contribution is -0.395. The number of benzene rings is 3. The molecule has 0 fully saturated rings. The highest BCUT2D eigenvalue weighted by molar-refractivity contribution is 9.10. The Morgan fingerprint density at radius 2 is 1.36 bits per heavy atom. The van der Waals surface area contributed by atoms with Crippen LogP contribution >= 0.6 is 15.9 Å². The molecule has 0 amide bonds. The maximum Gasteiger partial charge on any atom is 0.311 e. The molecule has 3 aromatic rings. The average Bonchev–Trinajstić information content (AvgIpc) is 2.64. The number of hydrogen-bond donors (Lipinski definition) is 2. The molecular weight excluding hydrogens is 435 g/mol. The van der Waals surface area contributed by atoms with Gasteiger partial charge in [-0.05, 0) is 36.4 Å². The zero-order valence-corrected chi connectivity index (χ0v) is 15.6. The molecule has 0 heterocycles. The number of para-hydroxylation sites is 2. The van der Waals surface area contributed by atoms with Gasteiger partial charge in [0.15, 0.2) is 0 Å². The molecule has 0 unspecified atom stereocenters. The van der Waals surface area contributed by atoms with Crippen molar-refractivity contribution in [1.82, 2.24) is 0 Å². The van der Waals surface area contributed by atoms with Gasteiger partial charge in [0.05, 0.1) is 27.3 Å². The van der Waals surface area contributed by atoms with Crippen molar-refractivity contribution < 1.29 is 14.2 Å². The van der Waals surface area contributed by atoms with Crippen LogP contribution in [0.25, 0.3) is 0 Å². The SMILES string of the molecule is O=[N+]([O-])c1cc([N+](=O)[O-])c(Nc2ccccc2Nc2ccc(Br)cc2)cc1F. The van der Waals surface area contributed by atoms with Gasteiger partial charge in [-0.3, -0.25) is 20.2 Å². The minimum atomic E-state index is -1.17. The fraction of sp³-hybridized carbons (Fsp3) is 0. The van der Waals surface area contributed by atoms with Gasteiger partial charge in [-0.15, -0.1) is 0 Å². The lowest BCUT2D eigenvalue weighted by Gasteiger charge is -2.14. The number of rotatable bonds is 6. The van der Waals surface area contributed by atoms with Crippen molar-refractivity contribution in [1.29, 1.82) is 0 Å². The summed E-state index contributed by atoms with van der Waals surface area (Å²) in [5.74, 6) is -1.17. The van der Waals surface area contributed by atoms with Crippen LogP contribution in [0.1, 0.15) is 0 Å². The number of nitro benzene ring substituents is 2. The summed E-state index contributed by atoms with van der Waals surface area (Å²) >= 11 is 3.35. The zero-order valence-electron chi connectivity index (χ0n) is 14.1. The third-order valence-electron chi connectivity index (χ3n) is 3.78. The quantitative estimate of drug-likeness (QED) is 0.360. The second kappa shape index (κ2) is 8.01. The Kier molecular flexibility index (Phi) is 5.50. The first-order valence-corrected chi connectivity index (χ1v) is 8.65.